The zero-order chi connectivity index (χ0) is 18.9. The van der Waals surface area contributed by atoms with Gasteiger partial charge in [0.2, 0.25) is 5.91 Å². The monoisotopic (exact) mass is 366 g/mol. The van der Waals surface area contributed by atoms with E-state index < -0.39 is 0 Å². The molecule has 1 fully saturated rings. The molecule has 1 unspecified atom stereocenters. The second-order valence-electron chi connectivity index (χ2n) is 6.40. The van der Waals surface area contributed by atoms with E-state index in [0.29, 0.717) is 6.54 Å². The molecule has 3 rings (SSSR count). The molecule has 1 aliphatic heterocycles. The highest BCUT2D eigenvalue weighted by Crippen LogP contribution is 2.21. The van der Waals surface area contributed by atoms with Crippen molar-refractivity contribution in [2.45, 2.75) is 6.04 Å². The second-order valence-corrected chi connectivity index (χ2v) is 6.40. The van der Waals surface area contributed by atoms with Crippen LogP contribution in [0, 0.1) is 0 Å². The van der Waals surface area contributed by atoms with Gasteiger partial charge in [-0.2, -0.15) is 0 Å². The molecule has 0 aliphatic carbocycles. The van der Waals surface area contributed by atoms with Gasteiger partial charge in [0, 0.05) is 31.3 Å². The van der Waals surface area contributed by atoms with Gasteiger partial charge in [0.1, 0.15) is 5.75 Å². The van der Waals surface area contributed by atoms with Gasteiger partial charge in [0.15, 0.2) is 0 Å². The zero-order valence-electron chi connectivity index (χ0n) is 15.6. The maximum absolute atomic E-state index is 12.4. The number of benzene rings is 2. The lowest BCUT2D eigenvalue weighted by atomic mass is 10.0. The van der Waals surface area contributed by atoms with E-state index in [4.69, 9.17) is 9.47 Å². The fourth-order valence-electron chi connectivity index (χ4n) is 3.25. The number of para-hydroxylation sites is 1. The number of nitrogens with zero attached hydrogens (tertiary/aromatic N) is 1. The van der Waals surface area contributed by atoms with Gasteiger partial charge in [-0.3, -0.25) is 9.69 Å². The summed E-state index contributed by atoms with van der Waals surface area (Å²) < 4.78 is 10.8. The van der Waals surface area contributed by atoms with E-state index in [-0.39, 0.29) is 11.9 Å². The minimum absolute atomic E-state index is 0.116. The van der Waals surface area contributed by atoms with Crippen LogP contribution in [0.5, 0.6) is 5.75 Å². The predicted molar refractivity (Wildman–Crippen MR) is 107 cm³/mol. The molecule has 2 aromatic rings. The standard InChI is InChI=1S/C22H26N2O3/c1-26-21-10-6-5-9-19(21)11-12-22(25)23-17-20(18-7-3-2-4-8-18)24-13-15-27-16-14-24/h2-12,20H,13-17H2,1H3,(H,23,25)/b12-11+. The van der Waals surface area contributed by atoms with Crippen LogP contribution >= 0.6 is 0 Å². The van der Waals surface area contributed by atoms with Crippen LogP contribution in [0.25, 0.3) is 6.08 Å². The minimum atomic E-state index is -0.116. The number of carbonyl (C=O) groups excluding carboxylic acids is 1. The molecule has 0 radical (unpaired) electrons. The second kappa shape index (κ2) is 9.90. The molecule has 0 spiro atoms. The average molecular weight is 366 g/mol. The van der Waals surface area contributed by atoms with Gasteiger partial charge >= 0.3 is 0 Å². The summed E-state index contributed by atoms with van der Waals surface area (Å²) in [7, 11) is 1.62. The molecular weight excluding hydrogens is 340 g/mol. The Morgan fingerprint density at radius 1 is 1.15 bits per heavy atom. The normalized spacial score (nSPS) is 16.2. The van der Waals surface area contributed by atoms with Crippen molar-refractivity contribution in [3.63, 3.8) is 0 Å². The molecule has 1 atom stereocenters. The fourth-order valence-corrected chi connectivity index (χ4v) is 3.25. The van der Waals surface area contributed by atoms with Crippen molar-refractivity contribution in [3.8, 4) is 5.75 Å². The molecular formula is C22H26N2O3. The van der Waals surface area contributed by atoms with Crippen molar-refractivity contribution in [1.82, 2.24) is 10.2 Å². The Balaban J connectivity index is 1.64. The third-order valence-electron chi connectivity index (χ3n) is 4.69. The van der Waals surface area contributed by atoms with Crippen LogP contribution in [0.2, 0.25) is 0 Å². The van der Waals surface area contributed by atoms with Crippen molar-refractivity contribution in [2.24, 2.45) is 0 Å². The topological polar surface area (TPSA) is 50.8 Å². The van der Waals surface area contributed by atoms with Crippen molar-refractivity contribution in [1.29, 1.82) is 0 Å². The summed E-state index contributed by atoms with van der Waals surface area (Å²) in [6.45, 7) is 3.74. The molecule has 1 amide bonds. The molecule has 0 saturated carbocycles. The SMILES string of the molecule is COc1ccccc1/C=C/C(=O)NCC(c1ccccc1)N1CCOCC1. The first-order chi connectivity index (χ1) is 13.3. The Morgan fingerprint density at radius 2 is 1.85 bits per heavy atom. The fraction of sp³-hybridized carbons (Fsp3) is 0.318. The highest BCUT2D eigenvalue weighted by molar-refractivity contribution is 5.92. The van der Waals surface area contributed by atoms with Crippen LogP contribution in [-0.4, -0.2) is 50.8 Å². The zero-order valence-corrected chi connectivity index (χ0v) is 15.6. The van der Waals surface area contributed by atoms with E-state index in [1.54, 1.807) is 19.3 Å². The molecule has 0 bridgehead atoms. The Kier molecular flexibility index (Phi) is 7.02. The molecule has 0 aromatic heterocycles. The van der Waals surface area contributed by atoms with Crippen LogP contribution < -0.4 is 10.1 Å². The molecule has 5 nitrogen and oxygen atoms in total. The van der Waals surface area contributed by atoms with E-state index in [1.807, 2.05) is 42.5 Å². The van der Waals surface area contributed by atoms with Crippen molar-refractivity contribution in [3.05, 3.63) is 71.8 Å². The van der Waals surface area contributed by atoms with E-state index >= 15 is 0 Å². The van der Waals surface area contributed by atoms with Crippen molar-refractivity contribution >= 4 is 12.0 Å². The molecule has 1 heterocycles. The molecule has 1 saturated heterocycles. The number of nitrogens with one attached hydrogen (secondary N) is 1. The predicted octanol–water partition coefficient (Wildman–Crippen LogP) is 2.90. The Bertz CT molecular complexity index is 755. The maximum atomic E-state index is 12.4. The number of morpholine rings is 1. The number of hydrogen-bond acceptors (Lipinski definition) is 4. The Labute approximate surface area is 160 Å². The number of amides is 1. The smallest absolute Gasteiger partial charge is 0.244 e. The average Bonchev–Trinajstić information content (AvgIpc) is 2.74. The first kappa shape index (κ1) is 19.1. The van der Waals surface area contributed by atoms with E-state index in [1.165, 1.54) is 5.56 Å². The number of rotatable bonds is 7. The van der Waals surface area contributed by atoms with Gasteiger partial charge in [0.05, 0.1) is 26.4 Å². The van der Waals surface area contributed by atoms with E-state index in [2.05, 4.69) is 22.3 Å². The van der Waals surface area contributed by atoms with Gasteiger partial charge in [-0.1, -0.05) is 48.5 Å². The Morgan fingerprint density at radius 3 is 2.59 bits per heavy atom. The van der Waals surface area contributed by atoms with E-state index in [9.17, 15) is 4.79 Å². The van der Waals surface area contributed by atoms with E-state index in [0.717, 1.165) is 37.6 Å². The summed E-state index contributed by atoms with van der Waals surface area (Å²) in [4.78, 5) is 14.7. The van der Waals surface area contributed by atoms with Gasteiger partial charge in [0.25, 0.3) is 0 Å². The largest absolute Gasteiger partial charge is 0.496 e. The van der Waals surface area contributed by atoms with Gasteiger partial charge in [-0.05, 0) is 17.7 Å². The summed E-state index contributed by atoms with van der Waals surface area (Å²) in [6.07, 6.45) is 3.33. The molecule has 27 heavy (non-hydrogen) atoms. The first-order valence-corrected chi connectivity index (χ1v) is 9.23. The number of carbonyl (C=O) groups is 1. The highest BCUT2D eigenvalue weighted by Gasteiger charge is 2.22. The molecule has 5 heteroatoms. The van der Waals surface area contributed by atoms with Crippen LogP contribution in [0.4, 0.5) is 0 Å². The quantitative estimate of drug-likeness (QED) is 0.766. The minimum Gasteiger partial charge on any atom is -0.496 e. The van der Waals surface area contributed by atoms with Crippen LogP contribution in [0.15, 0.2) is 60.7 Å². The third kappa shape index (κ3) is 5.42. The van der Waals surface area contributed by atoms with Gasteiger partial charge in [-0.25, -0.2) is 0 Å². The molecule has 1 N–H and O–H groups in total. The molecule has 1 aliphatic rings. The molecule has 142 valence electrons. The van der Waals surface area contributed by atoms with Crippen LogP contribution in [-0.2, 0) is 9.53 Å². The number of ether oxygens (including phenoxy) is 2. The lowest BCUT2D eigenvalue weighted by molar-refractivity contribution is -0.116. The summed E-state index contributed by atoms with van der Waals surface area (Å²) in [5, 5.41) is 3.04. The third-order valence-corrected chi connectivity index (χ3v) is 4.69. The lowest BCUT2D eigenvalue weighted by Crippen LogP contribution is -2.43. The molecule has 2 aromatic carbocycles. The van der Waals surface area contributed by atoms with Crippen LogP contribution in [0.3, 0.4) is 0 Å². The number of hydrogen-bond donors (Lipinski definition) is 1. The van der Waals surface area contributed by atoms with Crippen LogP contribution in [0.1, 0.15) is 17.2 Å². The Hall–Kier alpha value is -2.63. The maximum Gasteiger partial charge on any atom is 0.244 e. The van der Waals surface area contributed by atoms with Gasteiger partial charge < -0.3 is 14.8 Å². The first-order valence-electron chi connectivity index (χ1n) is 9.23. The summed E-state index contributed by atoms with van der Waals surface area (Å²) >= 11 is 0. The lowest BCUT2D eigenvalue weighted by Gasteiger charge is -2.34. The summed E-state index contributed by atoms with van der Waals surface area (Å²) in [5.41, 5.74) is 2.08. The van der Waals surface area contributed by atoms with Crippen molar-refractivity contribution < 1.29 is 14.3 Å². The number of methoxy groups -OCH3 is 1. The highest BCUT2D eigenvalue weighted by atomic mass is 16.5. The van der Waals surface area contributed by atoms with Gasteiger partial charge in [-0.15, -0.1) is 0 Å². The van der Waals surface area contributed by atoms with Crippen molar-refractivity contribution in [2.75, 3.05) is 40.0 Å². The summed E-state index contributed by atoms with van der Waals surface area (Å²) in [5.74, 6) is 0.632. The summed E-state index contributed by atoms with van der Waals surface area (Å²) in [6, 6.07) is 18.1.